The van der Waals surface area contributed by atoms with Gasteiger partial charge in [-0.05, 0) is 38.1 Å². The first kappa shape index (κ1) is 14.4. The zero-order chi connectivity index (χ0) is 14.9. The van der Waals surface area contributed by atoms with Crippen molar-refractivity contribution in [1.29, 1.82) is 0 Å². The van der Waals surface area contributed by atoms with Gasteiger partial charge >= 0.3 is 0 Å². The molecule has 1 fully saturated rings. The largest absolute Gasteiger partial charge is 0.468 e. The molecule has 3 rings (SSSR count). The summed E-state index contributed by atoms with van der Waals surface area (Å²) in [7, 11) is -1.68. The standard InChI is InChI=1S/C14H19N3O3S/c1-15-8-11-7-14(9-16-11)21(18,19)17(12-4-5-12)10-13-3-2-6-20-13/h2-3,6-7,9,12,15-16H,4-5,8,10H2,1H3. The minimum atomic E-state index is -3.50. The van der Waals surface area contributed by atoms with Gasteiger partial charge in [-0.1, -0.05) is 0 Å². The van der Waals surface area contributed by atoms with Crippen molar-refractivity contribution in [1.82, 2.24) is 14.6 Å². The first-order chi connectivity index (χ1) is 10.1. The normalized spacial score (nSPS) is 15.7. The van der Waals surface area contributed by atoms with Crippen LogP contribution in [0.1, 0.15) is 24.3 Å². The summed E-state index contributed by atoms with van der Waals surface area (Å²) in [6.45, 7) is 0.893. The SMILES string of the molecule is CNCc1cc(S(=O)(=O)N(Cc2ccco2)C2CC2)c[nH]1. The number of furan rings is 1. The van der Waals surface area contributed by atoms with Crippen LogP contribution in [0.2, 0.25) is 0 Å². The van der Waals surface area contributed by atoms with Gasteiger partial charge in [0.2, 0.25) is 10.0 Å². The van der Waals surface area contributed by atoms with E-state index in [-0.39, 0.29) is 12.6 Å². The minimum Gasteiger partial charge on any atom is -0.468 e. The molecule has 2 aromatic rings. The number of hydrogen-bond donors (Lipinski definition) is 2. The highest BCUT2D eigenvalue weighted by Crippen LogP contribution is 2.33. The van der Waals surface area contributed by atoms with Gasteiger partial charge in [0.25, 0.3) is 0 Å². The van der Waals surface area contributed by atoms with Crippen molar-refractivity contribution in [3.63, 3.8) is 0 Å². The van der Waals surface area contributed by atoms with Gasteiger partial charge in [-0.2, -0.15) is 4.31 Å². The topological polar surface area (TPSA) is 78.3 Å². The van der Waals surface area contributed by atoms with Crippen LogP contribution < -0.4 is 5.32 Å². The van der Waals surface area contributed by atoms with Crippen LogP contribution in [0, 0.1) is 0 Å². The van der Waals surface area contributed by atoms with Gasteiger partial charge in [0, 0.05) is 24.5 Å². The number of hydrogen-bond acceptors (Lipinski definition) is 4. The third-order valence-electron chi connectivity index (χ3n) is 3.54. The first-order valence-electron chi connectivity index (χ1n) is 6.97. The van der Waals surface area contributed by atoms with Crippen molar-refractivity contribution in [3.05, 3.63) is 42.1 Å². The summed E-state index contributed by atoms with van der Waals surface area (Å²) >= 11 is 0. The molecule has 1 aliphatic rings. The summed E-state index contributed by atoms with van der Waals surface area (Å²) < 4.78 is 32.4. The number of aromatic nitrogens is 1. The van der Waals surface area contributed by atoms with E-state index < -0.39 is 10.0 Å². The summed E-state index contributed by atoms with van der Waals surface area (Å²) in [6.07, 6.45) is 4.94. The Balaban J connectivity index is 1.85. The van der Waals surface area contributed by atoms with E-state index >= 15 is 0 Å². The molecule has 21 heavy (non-hydrogen) atoms. The molecule has 0 aromatic carbocycles. The molecule has 0 atom stereocenters. The van der Waals surface area contributed by atoms with Crippen LogP contribution in [0.3, 0.4) is 0 Å². The Bertz CT molecular complexity index is 687. The summed E-state index contributed by atoms with van der Waals surface area (Å²) in [5.41, 5.74) is 0.852. The maximum Gasteiger partial charge on any atom is 0.245 e. The maximum absolute atomic E-state index is 12.8. The van der Waals surface area contributed by atoms with E-state index in [9.17, 15) is 8.42 Å². The molecule has 1 saturated carbocycles. The van der Waals surface area contributed by atoms with Crippen LogP contribution in [0.25, 0.3) is 0 Å². The average Bonchev–Trinajstić information content (AvgIpc) is 2.96. The highest BCUT2D eigenvalue weighted by Gasteiger charge is 2.38. The van der Waals surface area contributed by atoms with Crippen LogP contribution in [-0.2, 0) is 23.1 Å². The van der Waals surface area contributed by atoms with E-state index in [4.69, 9.17) is 4.42 Å². The van der Waals surface area contributed by atoms with Gasteiger partial charge in [-0.15, -0.1) is 0 Å². The van der Waals surface area contributed by atoms with Crippen LogP contribution >= 0.6 is 0 Å². The van der Waals surface area contributed by atoms with Crippen molar-refractivity contribution in [2.24, 2.45) is 0 Å². The molecule has 2 N–H and O–H groups in total. The monoisotopic (exact) mass is 309 g/mol. The molecule has 0 aliphatic heterocycles. The molecule has 7 heteroatoms. The van der Waals surface area contributed by atoms with E-state index in [1.807, 2.05) is 7.05 Å². The predicted molar refractivity (Wildman–Crippen MR) is 78.0 cm³/mol. The highest BCUT2D eigenvalue weighted by atomic mass is 32.2. The average molecular weight is 309 g/mol. The Kier molecular flexibility index (Phi) is 3.88. The quantitative estimate of drug-likeness (QED) is 0.815. The minimum absolute atomic E-state index is 0.0859. The van der Waals surface area contributed by atoms with E-state index in [0.717, 1.165) is 18.5 Å². The van der Waals surface area contributed by atoms with Crippen LogP contribution in [0.5, 0.6) is 0 Å². The molecule has 0 spiro atoms. The molecule has 0 amide bonds. The Labute approximate surface area is 124 Å². The van der Waals surface area contributed by atoms with Gasteiger partial charge in [-0.3, -0.25) is 0 Å². The molecule has 2 heterocycles. The van der Waals surface area contributed by atoms with Crippen LogP contribution in [0.4, 0.5) is 0 Å². The number of H-pyrrole nitrogens is 1. The van der Waals surface area contributed by atoms with Gasteiger partial charge in [0.1, 0.15) is 5.76 Å². The van der Waals surface area contributed by atoms with E-state index in [2.05, 4.69) is 10.3 Å². The lowest BCUT2D eigenvalue weighted by molar-refractivity contribution is 0.356. The lowest BCUT2D eigenvalue weighted by atomic mass is 10.4. The first-order valence-corrected chi connectivity index (χ1v) is 8.41. The summed E-state index contributed by atoms with van der Waals surface area (Å²) in [6, 6.07) is 5.34. The molecule has 0 unspecified atom stereocenters. The summed E-state index contributed by atoms with van der Waals surface area (Å²) in [5, 5.41) is 2.99. The molecular formula is C14H19N3O3S. The fraction of sp³-hybridized carbons (Fsp3) is 0.429. The Morgan fingerprint density at radius 1 is 1.48 bits per heavy atom. The lowest BCUT2D eigenvalue weighted by Gasteiger charge is -2.19. The Morgan fingerprint density at radius 3 is 2.90 bits per heavy atom. The number of sulfonamides is 1. The van der Waals surface area contributed by atoms with Crippen molar-refractivity contribution >= 4 is 10.0 Å². The number of aromatic amines is 1. The molecular weight excluding hydrogens is 290 g/mol. The molecule has 6 nitrogen and oxygen atoms in total. The fourth-order valence-electron chi connectivity index (χ4n) is 2.32. The third kappa shape index (κ3) is 3.04. The maximum atomic E-state index is 12.8. The molecule has 2 aromatic heterocycles. The fourth-order valence-corrected chi connectivity index (χ4v) is 4.00. The smallest absolute Gasteiger partial charge is 0.245 e. The molecule has 0 bridgehead atoms. The summed E-state index contributed by atoms with van der Waals surface area (Å²) in [5.74, 6) is 0.663. The van der Waals surface area contributed by atoms with Gasteiger partial charge in [-0.25, -0.2) is 8.42 Å². The molecule has 0 radical (unpaired) electrons. The van der Waals surface area contributed by atoms with E-state index in [0.29, 0.717) is 17.2 Å². The van der Waals surface area contributed by atoms with Crippen LogP contribution in [-0.4, -0.2) is 30.8 Å². The molecule has 114 valence electrons. The number of nitrogens with one attached hydrogen (secondary N) is 2. The second-order valence-corrected chi connectivity index (χ2v) is 7.14. The highest BCUT2D eigenvalue weighted by molar-refractivity contribution is 7.89. The third-order valence-corrected chi connectivity index (χ3v) is 5.41. The van der Waals surface area contributed by atoms with Crippen molar-refractivity contribution < 1.29 is 12.8 Å². The molecule has 1 aliphatic carbocycles. The van der Waals surface area contributed by atoms with Crippen molar-refractivity contribution in [3.8, 4) is 0 Å². The number of nitrogens with zero attached hydrogens (tertiary/aromatic N) is 1. The molecule has 0 saturated heterocycles. The zero-order valence-electron chi connectivity index (χ0n) is 11.9. The van der Waals surface area contributed by atoms with Crippen molar-refractivity contribution in [2.75, 3.05) is 7.05 Å². The van der Waals surface area contributed by atoms with Gasteiger partial charge < -0.3 is 14.7 Å². The van der Waals surface area contributed by atoms with Crippen molar-refractivity contribution in [2.45, 2.75) is 36.9 Å². The lowest BCUT2D eigenvalue weighted by Crippen LogP contribution is -2.32. The van der Waals surface area contributed by atoms with Gasteiger partial charge in [0.05, 0.1) is 17.7 Å². The second kappa shape index (κ2) is 5.67. The number of rotatable bonds is 7. The summed E-state index contributed by atoms with van der Waals surface area (Å²) in [4.78, 5) is 3.31. The Morgan fingerprint density at radius 2 is 2.29 bits per heavy atom. The van der Waals surface area contributed by atoms with Gasteiger partial charge in [0.15, 0.2) is 0 Å². The van der Waals surface area contributed by atoms with Crippen LogP contribution in [0.15, 0.2) is 40.0 Å². The second-order valence-electron chi connectivity index (χ2n) is 5.25. The Hall–Kier alpha value is -1.57. The van der Waals surface area contributed by atoms with E-state index in [1.165, 1.54) is 4.31 Å². The zero-order valence-corrected chi connectivity index (χ0v) is 12.7. The van der Waals surface area contributed by atoms with E-state index in [1.54, 1.807) is 30.7 Å². The predicted octanol–water partition coefficient (Wildman–Crippen LogP) is 1.68.